The van der Waals surface area contributed by atoms with Crippen LogP contribution in [0.2, 0.25) is 0 Å². The van der Waals surface area contributed by atoms with Crippen LogP contribution in [0.15, 0.2) is 73.1 Å². The molecule has 16 heteroatoms. The number of hydrogen-bond acceptors (Lipinski definition) is 10. The fraction of sp³-hybridized carbons (Fsp3) is 0.409. The Morgan fingerprint density at radius 1 is 0.617 bits per heavy atom. The second-order valence-corrected chi connectivity index (χ2v) is 15.2. The molecule has 2 saturated heterocycles. The molecule has 2 aliphatic heterocycles. The van der Waals surface area contributed by atoms with Crippen molar-refractivity contribution in [2.45, 2.75) is 75.9 Å². The lowest BCUT2D eigenvalue weighted by atomic mass is 9.98. The third kappa shape index (κ3) is 8.70. The quantitative estimate of drug-likeness (QED) is 0.107. The highest BCUT2D eigenvalue weighted by atomic mass is 16.5. The van der Waals surface area contributed by atoms with E-state index in [1.54, 1.807) is 36.0 Å². The van der Waals surface area contributed by atoms with E-state index in [2.05, 4.69) is 86.2 Å². The molecule has 4 heterocycles. The average Bonchev–Trinajstić information content (AvgIpc) is 4.13. The van der Waals surface area contributed by atoms with E-state index in [4.69, 9.17) is 23.9 Å². The summed E-state index contributed by atoms with van der Waals surface area (Å²) >= 11 is 0. The summed E-state index contributed by atoms with van der Waals surface area (Å²) in [5, 5.41) is 7.41. The molecule has 0 unspecified atom stereocenters. The van der Waals surface area contributed by atoms with Crippen LogP contribution >= 0.6 is 0 Å². The Hall–Kier alpha value is -6.26. The molecule has 5 aromatic rings. The first-order valence-electron chi connectivity index (χ1n) is 20.1. The van der Waals surface area contributed by atoms with Gasteiger partial charge in [-0.2, -0.15) is 0 Å². The van der Waals surface area contributed by atoms with Gasteiger partial charge in [-0.3, -0.25) is 9.59 Å². The van der Waals surface area contributed by atoms with Gasteiger partial charge in [-0.05, 0) is 79.1 Å². The van der Waals surface area contributed by atoms with E-state index in [0.717, 1.165) is 70.1 Å². The van der Waals surface area contributed by atoms with Crippen molar-refractivity contribution in [3.8, 4) is 33.6 Å². The third-order valence-electron chi connectivity index (χ3n) is 11.7. The highest BCUT2D eigenvalue weighted by Gasteiger charge is 2.40. The lowest BCUT2D eigenvalue weighted by Crippen LogP contribution is -2.54. The van der Waals surface area contributed by atoms with E-state index >= 15 is 0 Å². The number of benzene rings is 3. The van der Waals surface area contributed by atoms with Gasteiger partial charge in [0.15, 0.2) is 0 Å². The molecule has 0 bridgehead atoms. The summed E-state index contributed by atoms with van der Waals surface area (Å²) in [5.74, 6) is 0.882. The number of rotatable bonds is 13. The van der Waals surface area contributed by atoms with Gasteiger partial charge in [0, 0.05) is 32.9 Å². The predicted octanol–water partition coefficient (Wildman–Crippen LogP) is 6.13. The van der Waals surface area contributed by atoms with Gasteiger partial charge in [0.2, 0.25) is 11.8 Å². The van der Waals surface area contributed by atoms with Gasteiger partial charge in [0.1, 0.15) is 23.7 Å². The Bertz CT molecular complexity index is 2330. The molecule has 6 atom stereocenters. The molecular formula is C44H52N8O8. The van der Waals surface area contributed by atoms with Gasteiger partial charge < -0.3 is 49.3 Å². The number of carbonyl (C=O) groups is 4. The largest absolute Gasteiger partial charge is 0.453 e. The number of likely N-dealkylation sites (tertiary alicyclic amines) is 2. The summed E-state index contributed by atoms with van der Waals surface area (Å²) in [6, 6.07) is 18.6. The first-order chi connectivity index (χ1) is 29.0. The molecule has 4 amide bonds. The van der Waals surface area contributed by atoms with Crippen molar-refractivity contribution in [1.29, 1.82) is 0 Å². The third-order valence-corrected chi connectivity index (χ3v) is 11.7. The molecule has 0 saturated carbocycles. The molecule has 7 rings (SSSR count). The molecule has 3 aromatic carbocycles. The van der Waals surface area contributed by atoms with Crippen molar-refractivity contribution in [3.63, 3.8) is 0 Å². The first kappa shape index (κ1) is 41.9. The summed E-state index contributed by atoms with van der Waals surface area (Å²) < 4.78 is 20.3. The molecule has 16 nitrogen and oxygen atoms in total. The van der Waals surface area contributed by atoms with E-state index in [0.29, 0.717) is 24.7 Å². The molecule has 2 fully saturated rings. The minimum absolute atomic E-state index is 0.248. The summed E-state index contributed by atoms with van der Waals surface area (Å²) in [5.41, 5.74) is 5.75. The van der Waals surface area contributed by atoms with Gasteiger partial charge in [-0.25, -0.2) is 19.6 Å². The predicted molar refractivity (Wildman–Crippen MR) is 224 cm³/mol. The van der Waals surface area contributed by atoms with Crippen LogP contribution in [0.4, 0.5) is 9.59 Å². The molecule has 0 spiro atoms. The number of methoxy groups -OCH3 is 4. The summed E-state index contributed by atoms with van der Waals surface area (Å²) in [6.45, 7) is 4.55. The minimum Gasteiger partial charge on any atom is -0.453 e. The zero-order chi connectivity index (χ0) is 42.5. The van der Waals surface area contributed by atoms with Gasteiger partial charge >= 0.3 is 12.2 Å². The molecule has 60 heavy (non-hydrogen) atoms. The standard InChI is InChI=1S/C44H52N8O8/c1-25(57-3)37(49-43(55)59-5)41(53)51-19-7-9-35(51)39-45-23-33(47-39)28-13-11-27(12-14-28)29-15-16-31-22-32(18-17-30(31)21-29)34-24-46-40(48-34)36-10-8-20-52(36)42(54)38(26(2)58-4)50-44(56)60-6/h11-18,21-26,35-38H,7-10,19-20H2,1-6H3,(H,45,47)(H,46,48)(H,49,55)(H,50,56)/t25-,26-,35+,36+,37+,38+/m1/s1. The zero-order valence-corrected chi connectivity index (χ0v) is 34.7. The van der Waals surface area contributed by atoms with Crippen LogP contribution in [-0.2, 0) is 28.5 Å². The lowest BCUT2D eigenvalue weighted by Gasteiger charge is -2.30. The van der Waals surface area contributed by atoms with Crippen molar-refractivity contribution < 1.29 is 38.1 Å². The maximum absolute atomic E-state index is 13.7. The van der Waals surface area contributed by atoms with Crippen molar-refractivity contribution in [1.82, 2.24) is 40.4 Å². The fourth-order valence-corrected chi connectivity index (χ4v) is 8.13. The lowest BCUT2D eigenvalue weighted by molar-refractivity contribution is -0.138. The van der Waals surface area contributed by atoms with E-state index in [-0.39, 0.29) is 23.9 Å². The maximum Gasteiger partial charge on any atom is 0.407 e. The molecule has 0 radical (unpaired) electrons. The zero-order valence-electron chi connectivity index (χ0n) is 34.7. The monoisotopic (exact) mass is 820 g/mol. The number of aromatic nitrogens is 4. The maximum atomic E-state index is 13.7. The molecule has 2 aromatic heterocycles. The number of aromatic amines is 2. The van der Waals surface area contributed by atoms with E-state index in [1.807, 2.05) is 0 Å². The Balaban J connectivity index is 1.03. The number of hydrogen-bond donors (Lipinski definition) is 4. The number of carbonyl (C=O) groups excluding carboxylic acids is 4. The number of H-pyrrole nitrogens is 2. The number of nitrogens with one attached hydrogen (secondary N) is 4. The van der Waals surface area contributed by atoms with Crippen LogP contribution in [0.1, 0.15) is 63.3 Å². The van der Waals surface area contributed by atoms with Gasteiger partial charge in [-0.1, -0.05) is 48.5 Å². The van der Waals surface area contributed by atoms with Crippen molar-refractivity contribution >= 4 is 34.8 Å². The summed E-state index contributed by atoms with van der Waals surface area (Å²) in [6.07, 6.45) is 4.18. The van der Waals surface area contributed by atoms with Crippen LogP contribution in [-0.4, -0.2) is 120 Å². The van der Waals surface area contributed by atoms with Gasteiger partial charge in [0.25, 0.3) is 0 Å². The number of alkyl carbamates (subject to hydrolysis) is 2. The number of amides is 4. The highest BCUT2D eigenvalue weighted by Crippen LogP contribution is 2.35. The van der Waals surface area contributed by atoms with Crippen LogP contribution in [0.5, 0.6) is 0 Å². The Labute approximate surface area is 348 Å². The molecule has 316 valence electrons. The van der Waals surface area contributed by atoms with Crippen molar-refractivity contribution in [2.75, 3.05) is 41.5 Å². The molecule has 0 aliphatic carbocycles. The van der Waals surface area contributed by atoms with Gasteiger partial charge in [0.05, 0.1) is 62.3 Å². The normalized spacial score (nSPS) is 18.5. The number of fused-ring (bicyclic) bond motifs is 1. The fourth-order valence-electron chi connectivity index (χ4n) is 8.13. The Kier molecular flexibility index (Phi) is 12.8. The molecule has 2 aliphatic rings. The van der Waals surface area contributed by atoms with Crippen molar-refractivity contribution in [3.05, 3.63) is 84.7 Å². The van der Waals surface area contributed by atoms with E-state index in [1.165, 1.54) is 28.4 Å². The van der Waals surface area contributed by atoms with E-state index < -0.39 is 36.5 Å². The minimum atomic E-state index is -0.899. The number of ether oxygens (including phenoxy) is 4. The Morgan fingerprint density at radius 3 is 1.50 bits per heavy atom. The molecule has 4 N–H and O–H groups in total. The summed E-state index contributed by atoms with van der Waals surface area (Å²) in [4.78, 5) is 71.1. The highest BCUT2D eigenvalue weighted by molar-refractivity contribution is 5.91. The number of imidazole rings is 2. The van der Waals surface area contributed by atoms with Crippen molar-refractivity contribution in [2.24, 2.45) is 0 Å². The SMILES string of the molecule is COC(=O)N[C@H](C(=O)N1CCC[C@H]1c1ncc(-c2ccc(-c3ccc4cc(-c5cnc([C@@H]6CCCN6C(=O)[C@@H](NC(=O)OC)[C@@H](C)OC)[nH]5)ccc4c3)cc2)[nH]1)[C@@H](C)OC. The second kappa shape index (κ2) is 18.3. The first-order valence-corrected chi connectivity index (χ1v) is 20.1. The van der Waals surface area contributed by atoms with Gasteiger partial charge in [-0.15, -0.1) is 0 Å². The topological polar surface area (TPSA) is 193 Å². The van der Waals surface area contributed by atoms with Crippen LogP contribution in [0, 0.1) is 0 Å². The second-order valence-electron chi connectivity index (χ2n) is 15.2. The molecular weight excluding hydrogens is 769 g/mol. The smallest absolute Gasteiger partial charge is 0.407 e. The van der Waals surface area contributed by atoms with Crippen LogP contribution in [0.25, 0.3) is 44.4 Å². The van der Waals surface area contributed by atoms with Crippen LogP contribution < -0.4 is 10.6 Å². The number of nitrogens with zero attached hydrogens (tertiary/aromatic N) is 4. The average molecular weight is 821 g/mol. The van der Waals surface area contributed by atoms with E-state index in [9.17, 15) is 19.2 Å². The Morgan fingerprint density at radius 2 is 1.03 bits per heavy atom. The summed E-state index contributed by atoms with van der Waals surface area (Å²) in [7, 11) is 5.52. The van der Waals surface area contributed by atoms with Crippen LogP contribution in [0.3, 0.4) is 0 Å².